The number of carbonyl (C=O) groups excluding carboxylic acids is 1. The molecule has 126 valence electrons. The third-order valence-electron chi connectivity index (χ3n) is 6.01. The van der Waals surface area contributed by atoms with Gasteiger partial charge in [-0.3, -0.25) is 0 Å². The molecule has 1 aliphatic heterocycles. The van der Waals surface area contributed by atoms with Crippen molar-refractivity contribution in [3.8, 4) is 0 Å². The molecule has 0 bridgehead atoms. The van der Waals surface area contributed by atoms with Crippen LogP contribution in [0.1, 0.15) is 37.8 Å². The second-order valence-electron chi connectivity index (χ2n) is 7.35. The van der Waals surface area contributed by atoms with Crippen LogP contribution in [-0.4, -0.2) is 30.7 Å². The minimum absolute atomic E-state index is 0.102. The van der Waals surface area contributed by atoms with Crippen molar-refractivity contribution in [1.82, 2.24) is 4.90 Å². The molecule has 1 aromatic carbocycles. The van der Waals surface area contributed by atoms with Gasteiger partial charge in [-0.1, -0.05) is 44.5 Å². The number of aryl methyl sites for hydroxylation is 1. The van der Waals surface area contributed by atoms with E-state index in [0.717, 1.165) is 32.4 Å². The van der Waals surface area contributed by atoms with Crippen LogP contribution < -0.4 is 0 Å². The van der Waals surface area contributed by atoms with Crippen LogP contribution in [-0.2, 0) is 11.2 Å². The van der Waals surface area contributed by atoms with Gasteiger partial charge in [-0.05, 0) is 54.6 Å². The molecule has 3 heteroatoms. The first-order valence-corrected chi connectivity index (χ1v) is 9.08. The van der Waals surface area contributed by atoms with Gasteiger partial charge >= 0.3 is 6.09 Å². The van der Waals surface area contributed by atoms with Crippen LogP contribution >= 0.6 is 0 Å². The summed E-state index contributed by atoms with van der Waals surface area (Å²) in [6, 6.07) is 8.69. The van der Waals surface area contributed by atoms with Crippen molar-refractivity contribution < 1.29 is 9.53 Å². The Morgan fingerprint density at radius 1 is 1.26 bits per heavy atom. The molecule has 1 amide bonds. The summed E-state index contributed by atoms with van der Waals surface area (Å²) < 4.78 is 5.39. The van der Waals surface area contributed by atoms with E-state index in [1.807, 2.05) is 4.90 Å². The van der Waals surface area contributed by atoms with Crippen molar-refractivity contribution in [3.05, 3.63) is 35.4 Å². The molecule has 23 heavy (non-hydrogen) atoms. The highest BCUT2D eigenvalue weighted by Gasteiger charge is 2.53. The molecule has 0 aromatic heterocycles. The molecule has 0 spiro atoms. The SMILES string of the molecule is CCCCOC(=O)N1CC2C(C)C(Cc3ccccc3C)C2C1. The zero-order valence-corrected chi connectivity index (χ0v) is 14.6. The first-order valence-electron chi connectivity index (χ1n) is 9.08. The van der Waals surface area contributed by atoms with E-state index in [-0.39, 0.29) is 6.09 Å². The lowest BCUT2D eigenvalue weighted by Crippen LogP contribution is -2.45. The number of nitrogens with zero attached hydrogens (tertiary/aromatic N) is 1. The van der Waals surface area contributed by atoms with E-state index in [0.29, 0.717) is 30.3 Å². The van der Waals surface area contributed by atoms with Crippen molar-refractivity contribution in [2.24, 2.45) is 23.7 Å². The summed E-state index contributed by atoms with van der Waals surface area (Å²) in [4.78, 5) is 14.1. The number of hydrogen-bond donors (Lipinski definition) is 0. The summed E-state index contributed by atoms with van der Waals surface area (Å²) in [6.45, 7) is 9.00. The zero-order chi connectivity index (χ0) is 16.4. The summed E-state index contributed by atoms with van der Waals surface area (Å²) in [6.07, 6.45) is 3.07. The van der Waals surface area contributed by atoms with E-state index in [1.165, 1.54) is 11.1 Å². The van der Waals surface area contributed by atoms with Gasteiger partial charge in [0, 0.05) is 13.1 Å². The van der Waals surface area contributed by atoms with Crippen LogP contribution in [0.5, 0.6) is 0 Å². The van der Waals surface area contributed by atoms with Crippen molar-refractivity contribution in [2.75, 3.05) is 19.7 Å². The van der Waals surface area contributed by atoms with Crippen LogP contribution in [0, 0.1) is 30.6 Å². The van der Waals surface area contributed by atoms with Gasteiger partial charge in [0.2, 0.25) is 0 Å². The Bertz CT molecular complexity index is 556. The predicted molar refractivity (Wildman–Crippen MR) is 92.3 cm³/mol. The number of ether oxygens (including phenoxy) is 1. The molecule has 2 fully saturated rings. The molecule has 1 aromatic rings. The van der Waals surface area contributed by atoms with Gasteiger partial charge in [0.15, 0.2) is 0 Å². The minimum Gasteiger partial charge on any atom is -0.449 e. The molecule has 1 heterocycles. The average Bonchev–Trinajstić information content (AvgIpc) is 2.95. The zero-order valence-electron chi connectivity index (χ0n) is 14.6. The molecule has 0 N–H and O–H groups in total. The van der Waals surface area contributed by atoms with Gasteiger partial charge in [-0.2, -0.15) is 0 Å². The maximum atomic E-state index is 12.2. The Hall–Kier alpha value is -1.51. The smallest absolute Gasteiger partial charge is 0.409 e. The lowest BCUT2D eigenvalue weighted by atomic mass is 9.57. The number of likely N-dealkylation sites (tertiary alicyclic amines) is 1. The largest absolute Gasteiger partial charge is 0.449 e. The maximum Gasteiger partial charge on any atom is 0.409 e. The number of benzene rings is 1. The van der Waals surface area contributed by atoms with E-state index >= 15 is 0 Å². The Labute approximate surface area is 140 Å². The van der Waals surface area contributed by atoms with Gasteiger partial charge < -0.3 is 9.64 Å². The van der Waals surface area contributed by atoms with E-state index in [4.69, 9.17) is 4.74 Å². The summed E-state index contributed by atoms with van der Waals surface area (Å²) in [7, 11) is 0. The molecule has 0 radical (unpaired) electrons. The summed E-state index contributed by atoms with van der Waals surface area (Å²) >= 11 is 0. The van der Waals surface area contributed by atoms with Gasteiger partial charge in [-0.25, -0.2) is 4.79 Å². The molecular weight excluding hydrogens is 286 g/mol. The summed E-state index contributed by atoms with van der Waals surface area (Å²) in [5.74, 6) is 2.73. The highest BCUT2D eigenvalue weighted by Crippen LogP contribution is 2.51. The van der Waals surface area contributed by atoms with Gasteiger partial charge in [0.05, 0.1) is 6.61 Å². The molecule has 1 aliphatic carbocycles. The third-order valence-corrected chi connectivity index (χ3v) is 6.01. The Kier molecular flexibility index (Phi) is 4.93. The van der Waals surface area contributed by atoms with Crippen LogP contribution in [0.3, 0.4) is 0 Å². The van der Waals surface area contributed by atoms with Gasteiger partial charge in [0.1, 0.15) is 0 Å². The highest BCUT2D eigenvalue weighted by molar-refractivity contribution is 5.68. The number of rotatable bonds is 5. The minimum atomic E-state index is -0.102. The second-order valence-corrected chi connectivity index (χ2v) is 7.35. The molecular formula is C20H29NO2. The van der Waals surface area contributed by atoms with Crippen LogP contribution in [0.2, 0.25) is 0 Å². The molecule has 3 nitrogen and oxygen atoms in total. The van der Waals surface area contributed by atoms with Gasteiger partial charge in [-0.15, -0.1) is 0 Å². The van der Waals surface area contributed by atoms with Crippen molar-refractivity contribution in [2.45, 2.75) is 40.0 Å². The topological polar surface area (TPSA) is 29.5 Å². The van der Waals surface area contributed by atoms with E-state index in [9.17, 15) is 4.79 Å². The second kappa shape index (κ2) is 6.94. The fourth-order valence-electron chi connectivity index (χ4n) is 4.40. The van der Waals surface area contributed by atoms with Gasteiger partial charge in [0.25, 0.3) is 0 Å². The number of carbonyl (C=O) groups is 1. The first kappa shape index (κ1) is 16.4. The highest BCUT2D eigenvalue weighted by atomic mass is 16.6. The molecule has 2 aliphatic rings. The fraction of sp³-hybridized carbons (Fsp3) is 0.650. The monoisotopic (exact) mass is 315 g/mol. The van der Waals surface area contributed by atoms with Crippen LogP contribution in [0.25, 0.3) is 0 Å². The standard InChI is InChI=1S/C20H29NO2/c1-4-5-10-23-20(22)21-12-18-15(3)17(19(18)13-21)11-16-9-7-6-8-14(16)2/h6-9,15,17-19H,4-5,10-13H2,1-3H3. The molecule has 3 rings (SSSR count). The average molecular weight is 315 g/mol. The number of amides is 1. The molecule has 4 unspecified atom stereocenters. The van der Waals surface area contributed by atoms with Crippen molar-refractivity contribution >= 4 is 6.09 Å². The van der Waals surface area contributed by atoms with E-state index in [2.05, 4.69) is 45.0 Å². The first-order chi connectivity index (χ1) is 11.1. The number of unbranched alkanes of at least 4 members (excludes halogenated alkanes) is 1. The van der Waals surface area contributed by atoms with Crippen molar-refractivity contribution in [3.63, 3.8) is 0 Å². The normalized spacial score (nSPS) is 29.1. The summed E-state index contributed by atoms with van der Waals surface area (Å²) in [5, 5.41) is 0. The van der Waals surface area contributed by atoms with E-state index in [1.54, 1.807) is 0 Å². The summed E-state index contributed by atoms with van der Waals surface area (Å²) in [5.41, 5.74) is 2.85. The lowest BCUT2D eigenvalue weighted by Gasteiger charge is -2.46. The molecule has 4 atom stereocenters. The third kappa shape index (κ3) is 3.24. The van der Waals surface area contributed by atoms with Crippen LogP contribution in [0.15, 0.2) is 24.3 Å². The number of fused-ring (bicyclic) bond motifs is 1. The number of hydrogen-bond acceptors (Lipinski definition) is 2. The lowest BCUT2D eigenvalue weighted by molar-refractivity contribution is 0.0314. The maximum absolute atomic E-state index is 12.2. The van der Waals surface area contributed by atoms with Crippen molar-refractivity contribution in [1.29, 1.82) is 0 Å². The van der Waals surface area contributed by atoms with Crippen LogP contribution in [0.4, 0.5) is 4.79 Å². The Morgan fingerprint density at radius 2 is 2.00 bits per heavy atom. The predicted octanol–water partition coefficient (Wildman–Crippen LogP) is 4.29. The molecule has 1 saturated heterocycles. The fourth-order valence-corrected chi connectivity index (χ4v) is 4.40. The quantitative estimate of drug-likeness (QED) is 0.759. The Morgan fingerprint density at radius 3 is 2.74 bits per heavy atom. The Balaban J connectivity index is 1.57. The van der Waals surface area contributed by atoms with E-state index < -0.39 is 0 Å². The molecule has 1 saturated carbocycles.